The Hall–Kier alpha value is -1.11. The molecule has 16 heavy (non-hydrogen) atoms. The highest BCUT2D eigenvalue weighted by molar-refractivity contribution is 5.92. The van der Waals surface area contributed by atoms with E-state index in [1.807, 2.05) is 6.08 Å². The first-order chi connectivity index (χ1) is 7.69. The Bertz CT molecular complexity index is 413. The molecule has 3 aliphatic carbocycles. The van der Waals surface area contributed by atoms with Crippen LogP contribution in [0.15, 0.2) is 36.0 Å². The standard InChI is InChI=1S/C15H18O/c1-15-8-3-2-4-14(15)13-6-5-12(16)10-11(13)7-9-15/h2-3,7,9-10,13-14H,4-6,8H2,1H3/t13-,14+,15+/m1/s1. The van der Waals surface area contributed by atoms with E-state index in [-0.39, 0.29) is 0 Å². The zero-order valence-electron chi connectivity index (χ0n) is 9.78. The molecule has 1 nitrogen and oxygen atoms in total. The molecule has 0 aromatic heterocycles. The molecule has 0 unspecified atom stereocenters. The average Bonchev–Trinajstić information content (AvgIpc) is 2.28. The maximum absolute atomic E-state index is 11.4. The predicted molar refractivity (Wildman–Crippen MR) is 64.9 cm³/mol. The highest BCUT2D eigenvalue weighted by Gasteiger charge is 2.42. The van der Waals surface area contributed by atoms with Gasteiger partial charge in [0.15, 0.2) is 5.78 Å². The third kappa shape index (κ3) is 1.41. The Kier molecular flexibility index (Phi) is 2.17. The second-order valence-corrected chi connectivity index (χ2v) is 5.61. The lowest BCUT2D eigenvalue weighted by atomic mass is 9.58. The number of ketones is 1. The third-order valence-electron chi connectivity index (χ3n) is 4.56. The summed E-state index contributed by atoms with van der Waals surface area (Å²) in [4.78, 5) is 11.4. The monoisotopic (exact) mass is 214 g/mol. The molecule has 0 amide bonds. The number of allylic oxidation sites excluding steroid dienone is 6. The summed E-state index contributed by atoms with van der Waals surface area (Å²) in [6, 6.07) is 0. The summed E-state index contributed by atoms with van der Waals surface area (Å²) in [6.07, 6.45) is 15.2. The van der Waals surface area contributed by atoms with Crippen LogP contribution in [0.25, 0.3) is 0 Å². The lowest BCUT2D eigenvalue weighted by molar-refractivity contribution is -0.115. The second kappa shape index (κ2) is 3.44. The van der Waals surface area contributed by atoms with Gasteiger partial charge in [-0.3, -0.25) is 4.79 Å². The molecule has 3 atom stereocenters. The van der Waals surface area contributed by atoms with E-state index in [0.717, 1.165) is 19.3 Å². The van der Waals surface area contributed by atoms with Gasteiger partial charge in [0.25, 0.3) is 0 Å². The summed E-state index contributed by atoms with van der Waals surface area (Å²) in [5, 5.41) is 0. The van der Waals surface area contributed by atoms with E-state index in [2.05, 4.69) is 31.2 Å². The average molecular weight is 214 g/mol. The van der Waals surface area contributed by atoms with Crippen LogP contribution in [-0.4, -0.2) is 5.78 Å². The van der Waals surface area contributed by atoms with E-state index >= 15 is 0 Å². The molecular weight excluding hydrogens is 196 g/mol. The van der Waals surface area contributed by atoms with Crippen LogP contribution in [0, 0.1) is 17.3 Å². The van der Waals surface area contributed by atoms with Gasteiger partial charge in [-0.15, -0.1) is 0 Å². The van der Waals surface area contributed by atoms with Crippen LogP contribution in [0.5, 0.6) is 0 Å². The topological polar surface area (TPSA) is 17.1 Å². The molecule has 3 rings (SSSR count). The number of fused-ring (bicyclic) bond motifs is 3. The van der Waals surface area contributed by atoms with Crippen molar-refractivity contribution < 1.29 is 4.79 Å². The summed E-state index contributed by atoms with van der Waals surface area (Å²) in [7, 11) is 0. The van der Waals surface area contributed by atoms with Crippen molar-refractivity contribution in [3.8, 4) is 0 Å². The molecule has 84 valence electrons. The first-order valence-electron chi connectivity index (χ1n) is 6.28. The fourth-order valence-corrected chi connectivity index (χ4v) is 3.54. The number of carbonyl (C=O) groups excluding carboxylic acids is 1. The largest absolute Gasteiger partial charge is 0.295 e. The molecule has 0 fully saturated rings. The van der Waals surface area contributed by atoms with Crippen molar-refractivity contribution in [2.24, 2.45) is 17.3 Å². The molecule has 0 aromatic carbocycles. The molecule has 0 aliphatic heterocycles. The van der Waals surface area contributed by atoms with Crippen molar-refractivity contribution in [2.45, 2.75) is 32.6 Å². The molecule has 0 N–H and O–H groups in total. The van der Waals surface area contributed by atoms with E-state index in [1.54, 1.807) is 0 Å². The second-order valence-electron chi connectivity index (χ2n) is 5.61. The molecule has 0 aromatic rings. The Morgan fingerprint density at radius 1 is 1.38 bits per heavy atom. The van der Waals surface area contributed by atoms with Crippen molar-refractivity contribution in [1.82, 2.24) is 0 Å². The third-order valence-corrected chi connectivity index (χ3v) is 4.56. The Balaban J connectivity index is 2.02. The van der Waals surface area contributed by atoms with Crippen molar-refractivity contribution in [3.05, 3.63) is 36.0 Å². The minimum Gasteiger partial charge on any atom is -0.295 e. The lowest BCUT2D eigenvalue weighted by Crippen LogP contribution is -2.37. The number of carbonyl (C=O) groups is 1. The van der Waals surface area contributed by atoms with Crippen LogP contribution >= 0.6 is 0 Å². The maximum atomic E-state index is 11.4. The summed E-state index contributed by atoms with van der Waals surface area (Å²) in [5.74, 6) is 1.64. The van der Waals surface area contributed by atoms with Crippen LogP contribution < -0.4 is 0 Å². The number of rotatable bonds is 0. The summed E-state index contributed by atoms with van der Waals surface area (Å²) < 4.78 is 0. The molecule has 0 saturated heterocycles. The maximum Gasteiger partial charge on any atom is 0.155 e. The fourth-order valence-electron chi connectivity index (χ4n) is 3.54. The van der Waals surface area contributed by atoms with Crippen LogP contribution in [-0.2, 0) is 4.79 Å². The Labute approximate surface area is 96.9 Å². The van der Waals surface area contributed by atoms with Gasteiger partial charge in [0.1, 0.15) is 0 Å². The van der Waals surface area contributed by atoms with Gasteiger partial charge in [0.05, 0.1) is 0 Å². The van der Waals surface area contributed by atoms with Crippen LogP contribution in [0.3, 0.4) is 0 Å². The highest BCUT2D eigenvalue weighted by atomic mass is 16.1. The minimum atomic E-state index is 0.311. The van der Waals surface area contributed by atoms with Crippen molar-refractivity contribution in [1.29, 1.82) is 0 Å². The van der Waals surface area contributed by atoms with Gasteiger partial charge in [-0.1, -0.05) is 31.2 Å². The van der Waals surface area contributed by atoms with E-state index in [1.165, 1.54) is 12.0 Å². The smallest absolute Gasteiger partial charge is 0.155 e. The normalized spacial score (nSPS) is 41.3. The van der Waals surface area contributed by atoms with Crippen molar-refractivity contribution >= 4 is 5.78 Å². The Morgan fingerprint density at radius 2 is 2.25 bits per heavy atom. The fraction of sp³-hybridized carbons (Fsp3) is 0.533. The quantitative estimate of drug-likeness (QED) is 0.565. The van der Waals surface area contributed by atoms with Crippen LogP contribution in [0.4, 0.5) is 0 Å². The molecule has 3 aliphatic rings. The van der Waals surface area contributed by atoms with Gasteiger partial charge in [-0.2, -0.15) is 0 Å². The van der Waals surface area contributed by atoms with E-state index in [9.17, 15) is 4.79 Å². The molecule has 0 spiro atoms. The lowest BCUT2D eigenvalue weighted by Gasteiger charge is -2.46. The van der Waals surface area contributed by atoms with E-state index in [0.29, 0.717) is 23.0 Å². The van der Waals surface area contributed by atoms with Gasteiger partial charge in [-0.05, 0) is 48.2 Å². The van der Waals surface area contributed by atoms with Crippen molar-refractivity contribution in [2.75, 3.05) is 0 Å². The number of hydrogen-bond donors (Lipinski definition) is 0. The highest BCUT2D eigenvalue weighted by Crippen LogP contribution is 2.51. The Morgan fingerprint density at radius 3 is 3.12 bits per heavy atom. The summed E-state index contributed by atoms with van der Waals surface area (Å²) in [5.41, 5.74) is 1.62. The van der Waals surface area contributed by atoms with Gasteiger partial charge >= 0.3 is 0 Å². The molecular formula is C15H18O. The molecule has 0 heterocycles. The zero-order valence-corrected chi connectivity index (χ0v) is 9.78. The van der Waals surface area contributed by atoms with Crippen molar-refractivity contribution in [3.63, 3.8) is 0 Å². The summed E-state index contributed by atoms with van der Waals surface area (Å²) >= 11 is 0. The van der Waals surface area contributed by atoms with Crippen LogP contribution in [0.1, 0.15) is 32.6 Å². The van der Waals surface area contributed by atoms with E-state index < -0.39 is 0 Å². The first kappa shape index (κ1) is 10.1. The summed E-state index contributed by atoms with van der Waals surface area (Å²) in [6.45, 7) is 2.37. The van der Waals surface area contributed by atoms with E-state index in [4.69, 9.17) is 0 Å². The predicted octanol–water partition coefficient (Wildman–Crippen LogP) is 3.43. The molecule has 0 radical (unpaired) electrons. The van der Waals surface area contributed by atoms with Gasteiger partial charge in [-0.25, -0.2) is 0 Å². The SMILES string of the molecule is C[C@]12C=CC3=CC(=O)CC[C@H]3[C@@H]1CC=CC2. The molecule has 1 heteroatoms. The number of hydrogen-bond acceptors (Lipinski definition) is 1. The zero-order chi connectivity index (χ0) is 11.2. The van der Waals surface area contributed by atoms with Gasteiger partial charge in [0.2, 0.25) is 0 Å². The molecule has 0 saturated carbocycles. The van der Waals surface area contributed by atoms with Crippen LogP contribution in [0.2, 0.25) is 0 Å². The molecule has 0 bridgehead atoms. The van der Waals surface area contributed by atoms with Gasteiger partial charge in [0, 0.05) is 6.42 Å². The van der Waals surface area contributed by atoms with Gasteiger partial charge < -0.3 is 0 Å². The minimum absolute atomic E-state index is 0.311. The first-order valence-corrected chi connectivity index (χ1v) is 6.28.